The molecule has 130 valence electrons. The number of hydrogen-bond donors (Lipinski definition) is 1. The standard InChI is InChI=1S/C18H24N2O3S/c1-19(17-9-12-24(22,23)14-17)18(21)13-20-10-7-16(8-11-20)15-5-3-2-4-6-15/h2-7,17H,8-14H2,1H3/p+1/t17-/m0/s1. The summed E-state index contributed by atoms with van der Waals surface area (Å²) >= 11 is 0. The van der Waals surface area contributed by atoms with Crippen molar-refractivity contribution < 1.29 is 18.1 Å². The van der Waals surface area contributed by atoms with Crippen molar-refractivity contribution in [3.8, 4) is 0 Å². The molecule has 2 heterocycles. The lowest BCUT2D eigenvalue weighted by molar-refractivity contribution is -0.887. The molecule has 3 rings (SSSR count). The number of sulfone groups is 1. The third-order valence-electron chi connectivity index (χ3n) is 5.08. The number of rotatable bonds is 4. The van der Waals surface area contributed by atoms with Gasteiger partial charge in [-0.25, -0.2) is 8.42 Å². The highest BCUT2D eigenvalue weighted by atomic mass is 32.2. The number of carbonyl (C=O) groups is 1. The number of amides is 1. The highest BCUT2D eigenvalue weighted by Gasteiger charge is 2.33. The van der Waals surface area contributed by atoms with Crippen molar-refractivity contribution in [2.75, 3.05) is 38.2 Å². The average molecular weight is 349 g/mol. The zero-order chi connectivity index (χ0) is 17.2. The summed E-state index contributed by atoms with van der Waals surface area (Å²) in [6, 6.07) is 10.2. The lowest BCUT2D eigenvalue weighted by Crippen LogP contribution is -3.13. The highest BCUT2D eigenvalue weighted by Crippen LogP contribution is 2.18. The fourth-order valence-electron chi connectivity index (χ4n) is 3.48. The molecule has 0 saturated carbocycles. The van der Waals surface area contributed by atoms with Crippen LogP contribution >= 0.6 is 0 Å². The predicted octanol–water partition coefficient (Wildman–Crippen LogP) is 0.00410. The maximum atomic E-state index is 12.5. The Labute approximate surface area is 143 Å². The van der Waals surface area contributed by atoms with Crippen LogP contribution in [0.3, 0.4) is 0 Å². The molecule has 0 aromatic heterocycles. The quantitative estimate of drug-likeness (QED) is 0.833. The van der Waals surface area contributed by atoms with E-state index >= 15 is 0 Å². The first kappa shape index (κ1) is 17.2. The Morgan fingerprint density at radius 2 is 2.04 bits per heavy atom. The molecule has 0 bridgehead atoms. The van der Waals surface area contributed by atoms with Crippen molar-refractivity contribution in [3.05, 3.63) is 42.0 Å². The van der Waals surface area contributed by atoms with Gasteiger partial charge in [-0.3, -0.25) is 4.79 Å². The fraction of sp³-hybridized carbons (Fsp3) is 0.500. The van der Waals surface area contributed by atoms with Gasteiger partial charge in [0.15, 0.2) is 16.4 Å². The van der Waals surface area contributed by atoms with E-state index in [2.05, 4.69) is 18.2 Å². The number of quaternary nitrogens is 1. The lowest BCUT2D eigenvalue weighted by Gasteiger charge is -2.28. The van der Waals surface area contributed by atoms with Crippen LogP contribution in [-0.4, -0.2) is 63.5 Å². The van der Waals surface area contributed by atoms with E-state index < -0.39 is 9.84 Å². The average Bonchev–Trinajstić information content (AvgIpc) is 2.95. The Morgan fingerprint density at radius 1 is 1.29 bits per heavy atom. The van der Waals surface area contributed by atoms with E-state index in [1.54, 1.807) is 11.9 Å². The normalized spacial score (nSPS) is 26.0. The van der Waals surface area contributed by atoms with Crippen LogP contribution in [0.2, 0.25) is 0 Å². The summed E-state index contributed by atoms with van der Waals surface area (Å²) in [5.74, 6) is 0.362. The second kappa shape index (κ2) is 7.07. The molecule has 1 saturated heterocycles. The van der Waals surface area contributed by atoms with Crippen LogP contribution in [-0.2, 0) is 14.6 Å². The minimum absolute atomic E-state index is 0.0451. The van der Waals surface area contributed by atoms with Crippen molar-refractivity contribution in [2.24, 2.45) is 0 Å². The molecule has 0 aliphatic carbocycles. The number of hydrogen-bond acceptors (Lipinski definition) is 3. The Balaban J connectivity index is 1.54. The second-order valence-corrected chi connectivity index (χ2v) is 9.02. The summed E-state index contributed by atoms with van der Waals surface area (Å²) in [6.07, 6.45) is 3.76. The first-order chi connectivity index (χ1) is 11.4. The summed E-state index contributed by atoms with van der Waals surface area (Å²) in [5.41, 5.74) is 2.61. The molecule has 1 unspecified atom stereocenters. The first-order valence-corrected chi connectivity index (χ1v) is 10.3. The molecule has 1 fully saturated rings. The predicted molar refractivity (Wildman–Crippen MR) is 94.4 cm³/mol. The van der Waals surface area contributed by atoms with E-state index in [-0.39, 0.29) is 23.5 Å². The third-order valence-corrected chi connectivity index (χ3v) is 6.83. The SMILES string of the molecule is CN(C(=O)C[NH+]1CC=C(c2ccccc2)CC1)[C@H]1CCS(=O)(=O)C1. The van der Waals surface area contributed by atoms with Crippen LogP contribution in [0.5, 0.6) is 0 Å². The largest absolute Gasteiger partial charge is 0.337 e. The van der Waals surface area contributed by atoms with Crippen LogP contribution in [0.25, 0.3) is 5.57 Å². The van der Waals surface area contributed by atoms with E-state index in [1.165, 1.54) is 16.0 Å². The summed E-state index contributed by atoms with van der Waals surface area (Å²) in [6.45, 7) is 2.21. The molecule has 2 aliphatic heterocycles. The zero-order valence-electron chi connectivity index (χ0n) is 14.1. The van der Waals surface area contributed by atoms with Gasteiger partial charge in [-0.2, -0.15) is 0 Å². The van der Waals surface area contributed by atoms with Crippen LogP contribution in [0.1, 0.15) is 18.4 Å². The minimum Gasteiger partial charge on any atom is -0.337 e. The van der Waals surface area contributed by atoms with Gasteiger partial charge in [-0.1, -0.05) is 30.3 Å². The molecular weight excluding hydrogens is 324 g/mol. The maximum absolute atomic E-state index is 12.5. The molecule has 2 aliphatic rings. The van der Waals surface area contributed by atoms with Crippen LogP contribution < -0.4 is 4.90 Å². The maximum Gasteiger partial charge on any atom is 0.277 e. The Bertz CT molecular complexity index is 728. The molecule has 2 atom stereocenters. The van der Waals surface area contributed by atoms with Crippen LogP contribution in [0.4, 0.5) is 0 Å². The van der Waals surface area contributed by atoms with Gasteiger partial charge in [0, 0.05) is 19.5 Å². The van der Waals surface area contributed by atoms with Crippen molar-refractivity contribution in [1.29, 1.82) is 0 Å². The van der Waals surface area contributed by atoms with E-state index in [0.717, 1.165) is 19.5 Å². The van der Waals surface area contributed by atoms with E-state index in [9.17, 15) is 13.2 Å². The number of likely N-dealkylation sites (N-methyl/N-ethyl adjacent to an activating group) is 1. The Morgan fingerprint density at radius 3 is 2.62 bits per heavy atom. The number of nitrogens with zero attached hydrogens (tertiary/aromatic N) is 1. The van der Waals surface area contributed by atoms with Crippen molar-refractivity contribution in [1.82, 2.24) is 4.90 Å². The fourth-order valence-corrected chi connectivity index (χ4v) is 5.26. The van der Waals surface area contributed by atoms with Gasteiger partial charge in [0.25, 0.3) is 5.91 Å². The number of nitrogens with one attached hydrogen (secondary N) is 1. The van der Waals surface area contributed by atoms with Crippen LogP contribution in [0, 0.1) is 0 Å². The third kappa shape index (κ3) is 4.05. The molecule has 24 heavy (non-hydrogen) atoms. The minimum atomic E-state index is -2.96. The highest BCUT2D eigenvalue weighted by molar-refractivity contribution is 7.91. The molecule has 1 N–H and O–H groups in total. The van der Waals surface area contributed by atoms with Crippen molar-refractivity contribution >= 4 is 21.3 Å². The monoisotopic (exact) mass is 349 g/mol. The molecule has 0 spiro atoms. The van der Waals surface area contributed by atoms with Crippen LogP contribution in [0.15, 0.2) is 36.4 Å². The second-order valence-electron chi connectivity index (χ2n) is 6.79. The van der Waals surface area contributed by atoms with Gasteiger partial charge in [0.1, 0.15) is 0 Å². The van der Waals surface area contributed by atoms with Gasteiger partial charge in [-0.15, -0.1) is 0 Å². The van der Waals surface area contributed by atoms with Crippen molar-refractivity contribution in [2.45, 2.75) is 18.9 Å². The summed E-state index contributed by atoms with van der Waals surface area (Å²) in [4.78, 5) is 15.3. The van der Waals surface area contributed by atoms with Gasteiger partial charge >= 0.3 is 0 Å². The molecule has 0 radical (unpaired) electrons. The topological polar surface area (TPSA) is 58.9 Å². The van der Waals surface area contributed by atoms with Gasteiger partial charge < -0.3 is 9.80 Å². The number of benzene rings is 1. The molecule has 6 heteroatoms. The van der Waals surface area contributed by atoms with E-state index in [1.807, 2.05) is 18.2 Å². The summed E-state index contributed by atoms with van der Waals surface area (Å²) < 4.78 is 23.2. The zero-order valence-corrected chi connectivity index (χ0v) is 14.9. The van der Waals surface area contributed by atoms with Gasteiger partial charge in [0.05, 0.1) is 24.6 Å². The molecule has 1 aromatic carbocycles. The van der Waals surface area contributed by atoms with Gasteiger partial charge in [-0.05, 0) is 23.6 Å². The summed E-state index contributed by atoms with van der Waals surface area (Å²) in [5, 5.41) is 0. The Kier molecular flexibility index (Phi) is 5.06. The lowest BCUT2D eigenvalue weighted by atomic mass is 9.99. The van der Waals surface area contributed by atoms with Crippen molar-refractivity contribution in [3.63, 3.8) is 0 Å². The Hall–Kier alpha value is -1.66. The number of carbonyl (C=O) groups excluding carboxylic acids is 1. The molecule has 1 aromatic rings. The molecular formula is C18H25N2O3S+. The first-order valence-electron chi connectivity index (χ1n) is 8.49. The smallest absolute Gasteiger partial charge is 0.277 e. The summed E-state index contributed by atoms with van der Waals surface area (Å²) in [7, 11) is -1.22. The van der Waals surface area contributed by atoms with Gasteiger partial charge in [0.2, 0.25) is 0 Å². The molecule has 1 amide bonds. The molecule has 5 nitrogen and oxygen atoms in total. The van der Waals surface area contributed by atoms with E-state index in [0.29, 0.717) is 13.0 Å². The van der Waals surface area contributed by atoms with E-state index in [4.69, 9.17) is 0 Å².